The Morgan fingerprint density at radius 1 is 0.941 bits per heavy atom. The van der Waals surface area contributed by atoms with Crippen molar-refractivity contribution in [1.82, 2.24) is 0 Å². The molecule has 1 aliphatic rings. The first-order valence-electron chi connectivity index (χ1n) is 11.1. The number of carbonyl (C=O) groups excluding carboxylic acids is 2. The first-order chi connectivity index (χ1) is 16.3. The standard InChI is InChI=1S/C29H27NO4/c1-7-20-17(2)26(28(31)33-6)19(4)27(18(20)3)30(5)29(32)34-16-25-23-14-10-8-12-21(23)22-13-9-11-15-24(22)25/h1,8-15,25H,16H2,2-6H3. The van der Waals surface area contributed by atoms with Crippen molar-refractivity contribution < 1.29 is 19.1 Å². The molecule has 5 heteroatoms. The maximum absolute atomic E-state index is 13.2. The number of amides is 1. The molecular weight excluding hydrogens is 426 g/mol. The summed E-state index contributed by atoms with van der Waals surface area (Å²) < 4.78 is 10.8. The van der Waals surface area contributed by atoms with Gasteiger partial charge in [-0.2, -0.15) is 0 Å². The van der Waals surface area contributed by atoms with Gasteiger partial charge in [0.2, 0.25) is 0 Å². The van der Waals surface area contributed by atoms with Gasteiger partial charge in [0.25, 0.3) is 0 Å². The molecule has 3 aromatic rings. The average Bonchev–Trinajstić information content (AvgIpc) is 3.16. The Labute approximate surface area is 200 Å². The first kappa shape index (κ1) is 23.1. The van der Waals surface area contributed by atoms with E-state index >= 15 is 0 Å². The van der Waals surface area contributed by atoms with Crippen molar-refractivity contribution in [3.63, 3.8) is 0 Å². The Morgan fingerprint density at radius 2 is 1.50 bits per heavy atom. The van der Waals surface area contributed by atoms with Gasteiger partial charge in [0.15, 0.2) is 0 Å². The highest BCUT2D eigenvalue weighted by molar-refractivity contribution is 5.99. The molecule has 1 amide bonds. The molecule has 0 fully saturated rings. The van der Waals surface area contributed by atoms with Crippen molar-refractivity contribution in [2.24, 2.45) is 0 Å². The van der Waals surface area contributed by atoms with Gasteiger partial charge in [-0.25, -0.2) is 9.59 Å². The Kier molecular flexibility index (Phi) is 6.17. The molecule has 0 atom stereocenters. The lowest BCUT2D eigenvalue weighted by atomic mass is 9.91. The Bertz CT molecular complexity index is 1300. The number of carbonyl (C=O) groups is 2. The van der Waals surface area contributed by atoms with Crippen LogP contribution >= 0.6 is 0 Å². The molecule has 4 rings (SSSR count). The monoisotopic (exact) mass is 453 g/mol. The summed E-state index contributed by atoms with van der Waals surface area (Å²) >= 11 is 0. The summed E-state index contributed by atoms with van der Waals surface area (Å²) in [6.45, 7) is 5.62. The van der Waals surface area contributed by atoms with E-state index in [1.165, 1.54) is 23.1 Å². The zero-order chi connectivity index (χ0) is 24.6. The third-order valence-electron chi connectivity index (χ3n) is 6.69. The molecular formula is C29H27NO4. The summed E-state index contributed by atoms with van der Waals surface area (Å²) in [5, 5.41) is 0. The fraction of sp³-hybridized carbons (Fsp3) is 0.241. The lowest BCUT2D eigenvalue weighted by Crippen LogP contribution is -2.31. The second kappa shape index (κ2) is 9.07. The van der Waals surface area contributed by atoms with E-state index in [4.69, 9.17) is 15.9 Å². The topological polar surface area (TPSA) is 55.8 Å². The molecule has 0 aromatic heterocycles. The fourth-order valence-electron chi connectivity index (χ4n) is 5.12. The Balaban J connectivity index is 1.65. The summed E-state index contributed by atoms with van der Waals surface area (Å²) in [7, 11) is 2.95. The van der Waals surface area contributed by atoms with E-state index in [0.29, 0.717) is 27.9 Å². The highest BCUT2D eigenvalue weighted by Crippen LogP contribution is 2.44. The van der Waals surface area contributed by atoms with Crippen LogP contribution in [0, 0.1) is 33.1 Å². The summed E-state index contributed by atoms with van der Waals surface area (Å²) in [5.74, 6) is 2.12. The highest BCUT2D eigenvalue weighted by atomic mass is 16.6. The second-order valence-electron chi connectivity index (χ2n) is 8.47. The summed E-state index contributed by atoms with van der Waals surface area (Å²) in [6.07, 6.45) is 5.23. The Morgan fingerprint density at radius 3 is 2.03 bits per heavy atom. The van der Waals surface area contributed by atoms with Crippen LogP contribution < -0.4 is 4.90 Å². The first-order valence-corrected chi connectivity index (χ1v) is 11.1. The average molecular weight is 454 g/mol. The van der Waals surface area contributed by atoms with Crippen LogP contribution in [0.15, 0.2) is 48.5 Å². The van der Waals surface area contributed by atoms with E-state index in [9.17, 15) is 9.59 Å². The van der Waals surface area contributed by atoms with Crippen molar-refractivity contribution in [2.75, 3.05) is 25.7 Å². The maximum Gasteiger partial charge on any atom is 0.414 e. The van der Waals surface area contributed by atoms with Gasteiger partial charge in [0.05, 0.1) is 18.4 Å². The van der Waals surface area contributed by atoms with Gasteiger partial charge in [-0.15, -0.1) is 6.42 Å². The molecule has 1 aliphatic carbocycles. The highest BCUT2D eigenvalue weighted by Gasteiger charge is 2.31. The number of fused-ring (bicyclic) bond motifs is 3. The van der Waals surface area contributed by atoms with Crippen molar-refractivity contribution in [3.8, 4) is 23.5 Å². The molecule has 0 saturated heterocycles. The number of rotatable bonds is 4. The van der Waals surface area contributed by atoms with E-state index in [1.807, 2.05) is 31.2 Å². The lowest BCUT2D eigenvalue weighted by molar-refractivity contribution is 0.0599. The molecule has 34 heavy (non-hydrogen) atoms. The number of anilines is 1. The Hall–Kier alpha value is -4.04. The van der Waals surface area contributed by atoms with Gasteiger partial charge in [-0.05, 0) is 59.7 Å². The van der Waals surface area contributed by atoms with E-state index in [-0.39, 0.29) is 12.5 Å². The normalized spacial score (nSPS) is 11.9. The van der Waals surface area contributed by atoms with Crippen LogP contribution in [-0.2, 0) is 9.47 Å². The van der Waals surface area contributed by atoms with Gasteiger partial charge < -0.3 is 9.47 Å². The smallest absolute Gasteiger partial charge is 0.414 e. The number of hydrogen-bond donors (Lipinski definition) is 0. The minimum absolute atomic E-state index is 0.0446. The van der Waals surface area contributed by atoms with Crippen LogP contribution in [0.3, 0.4) is 0 Å². The number of esters is 1. The second-order valence-corrected chi connectivity index (χ2v) is 8.47. The zero-order valence-corrected chi connectivity index (χ0v) is 20.1. The SMILES string of the molecule is C#Cc1c(C)c(C(=O)OC)c(C)c(N(C)C(=O)OCC2c3ccccc3-c3ccccc32)c1C. The van der Waals surface area contributed by atoms with Gasteiger partial charge in [-0.1, -0.05) is 54.5 Å². The number of hydrogen-bond acceptors (Lipinski definition) is 4. The van der Waals surface area contributed by atoms with Gasteiger partial charge in [-0.3, -0.25) is 4.90 Å². The van der Waals surface area contributed by atoms with E-state index in [2.05, 4.69) is 30.2 Å². The van der Waals surface area contributed by atoms with Crippen molar-refractivity contribution in [1.29, 1.82) is 0 Å². The van der Waals surface area contributed by atoms with Crippen molar-refractivity contribution >= 4 is 17.7 Å². The predicted molar refractivity (Wildman–Crippen MR) is 133 cm³/mol. The zero-order valence-electron chi connectivity index (χ0n) is 20.1. The number of benzene rings is 3. The summed E-state index contributed by atoms with van der Waals surface area (Å²) in [5.41, 5.74) is 8.13. The molecule has 0 saturated carbocycles. The molecule has 0 aliphatic heterocycles. The third kappa shape index (κ3) is 3.62. The number of terminal acetylenes is 1. The number of methoxy groups -OCH3 is 1. The van der Waals surface area contributed by atoms with Crippen LogP contribution in [0.1, 0.15) is 49.7 Å². The third-order valence-corrected chi connectivity index (χ3v) is 6.69. The summed E-state index contributed by atoms with van der Waals surface area (Å²) in [6, 6.07) is 16.4. The van der Waals surface area contributed by atoms with Crippen LogP contribution in [0.4, 0.5) is 10.5 Å². The molecule has 0 heterocycles. The molecule has 0 spiro atoms. The predicted octanol–water partition coefficient (Wildman–Crippen LogP) is 5.77. The van der Waals surface area contributed by atoms with Crippen LogP contribution in [0.2, 0.25) is 0 Å². The largest absolute Gasteiger partial charge is 0.465 e. The fourth-order valence-corrected chi connectivity index (χ4v) is 5.12. The van der Waals surface area contributed by atoms with Gasteiger partial charge in [0.1, 0.15) is 6.61 Å². The lowest BCUT2D eigenvalue weighted by Gasteiger charge is -2.26. The van der Waals surface area contributed by atoms with Crippen LogP contribution in [0.25, 0.3) is 11.1 Å². The van der Waals surface area contributed by atoms with E-state index in [0.717, 1.165) is 16.7 Å². The molecule has 5 nitrogen and oxygen atoms in total. The molecule has 3 aromatic carbocycles. The molecule has 172 valence electrons. The maximum atomic E-state index is 13.2. The molecule has 0 radical (unpaired) electrons. The van der Waals surface area contributed by atoms with E-state index in [1.54, 1.807) is 20.9 Å². The molecule has 0 N–H and O–H groups in total. The van der Waals surface area contributed by atoms with Crippen LogP contribution in [-0.4, -0.2) is 32.8 Å². The van der Waals surface area contributed by atoms with Crippen molar-refractivity contribution in [3.05, 3.63) is 87.5 Å². The number of ether oxygens (including phenoxy) is 2. The van der Waals surface area contributed by atoms with Crippen LogP contribution in [0.5, 0.6) is 0 Å². The quantitative estimate of drug-likeness (QED) is 0.372. The minimum atomic E-state index is -0.518. The number of nitrogens with zero attached hydrogens (tertiary/aromatic N) is 1. The summed E-state index contributed by atoms with van der Waals surface area (Å²) in [4.78, 5) is 27.1. The van der Waals surface area contributed by atoms with Crippen molar-refractivity contribution in [2.45, 2.75) is 26.7 Å². The molecule has 0 unspecified atom stereocenters. The van der Waals surface area contributed by atoms with Gasteiger partial charge >= 0.3 is 12.1 Å². The van der Waals surface area contributed by atoms with Gasteiger partial charge in [0, 0.05) is 18.5 Å². The molecule has 0 bridgehead atoms. The van der Waals surface area contributed by atoms with E-state index < -0.39 is 12.1 Å². The minimum Gasteiger partial charge on any atom is -0.465 e.